The van der Waals surface area contributed by atoms with Crippen LogP contribution in [0.2, 0.25) is 0 Å². The lowest BCUT2D eigenvalue weighted by Gasteiger charge is -2.45. The van der Waals surface area contributed by atoms with Crippen molar-refractivity contribution in [2.24, 2.45) is 0 Å². The summed E-state index contributed by atoms with van der Waals surface area (Å²) in [7, 11) is 1.73. The van der Waals surface area contributed by atoms with Crippen LogP contribution in [0.4, 0.5) is 0 Å². The van der Waals surface area contributed by atoms with Crippen molar-refractivity contribution < 1.29 is 30.6 Å². The molecule has 0 aromatic carbocycles. The van der Waals surface area contributed by atoms with Crippen molar-refractivity contribution in [3.05, 3.63) is 0 Å². The van der Waals surface area contributed by atoms with Crippen LogP contribution in [0, 0.1) is 0 Å². The summed E-state index contributed by atoms with van der Waals surface area (Å²) in [6.45, 7) is 0. The highest BCUT2D eigenvalue weighted by Gasteiger charge is 2.54. The predicted octanol–water partition coefficient (Wildman–Crippen LogP) is -3.63. The zero-order valence-corrected chi connectivity index (χ0v) is 7.80. The first-order valence-electron chi connectivity index (χ1n) is 3.71. The van der Waals surface area contributed by atoms with Crippen LogP contribution in [0.5, 0.6) is 0 Å². The molecule has 3 unspecified atom stereocenters. The van der Waals surface area contributed by atoms with Gasteiger partial charge in [0.1, 0.15) is 35.9 Å². The number of aliphatic hydroxyl groups excluding tert-OH is 5. The Morgan fingerprint density at radius 3 is 1.38 bits per heavy atom. The van der Waals surface area contributed by atoms with Crippen LogP contribution in [0.15, 0.2) is 0 Å². The highest BCUT2D eigenvalue weighted by Crippen LogP contribution is 2.34. The maximum atomic E-state index is 9.40. The van der Waals surface area contributed by atoms with Gasteiger partial charge >= 0.3 is 0 Å². The van der Waals surface area contributed by atoms with Gasteiger partial charge in [-0.2, -0.15) is 0 Å². The summed E-state index contributed by atoms with van der Waals surface area (Å²) in [5, 5.41) is 53.0. The molecule has 6 N–H and O–H groups in total. The summed E-state index contributed by atoms with van der Waals surface area (Å²) in [5.74, 6) is 0. The average molecular weight is 212 g/mol. The van der Waals surface area contributed by atoms with Gasteiger partial charge in [-0.25, -0.2) is 0 Å². The molecular formula is C6H13O6P. The smallest absolute Gasteiger partial charge is 0.134 e. The van der Waals surface area contributed by atoms with Crippen LogP contribution < -0.4 is 0 Å². The topological polar surface area (TPSA) is 121 Å². The number of hydrogen-bond acceptors (Lipinski definition) is 6. The summed E-state index contributed by atoms with van der Waals surface area (Å²) in [4.78, 5) is 0. The molecule has 0 aliphatic heterocycles. The second-order valence-corrected chi connectivity index (χ2v) is 4.17. The van der Waals surface area contributed by atoms with E-state index in [9.17, 15) is 15.3 Å². The van der Waals surface area contributed by atoms with E-state index < -0.39 is 35.9 Å². The summed E-state index contributed by atoms with van der Waals surface area (Å²) < 4.78 is 0. The van der Waals surface area contributed by atoms with Gasteiger partial charge in [0.25, 0.3) is 0 Å². The molecule has 0 heterocycles. The lowest BCUT2D eigenvalue weighted by molar-refractivity contribution is -0.236. The van der Waals surface area contributed by atoms with E-state index in [4.69, 9.17) is 15.3 Å². The van der Waals surface area contributed by atoms with Gasteiger partial charge in [-0.15, -0.1) is 0 Å². The Bertz CT molecular complexity index is 180. The Morgan fingerprint density at radius 2 is 1.08 bits per heavy atom. The molecule has 1 aliphatic rings. The minimum absolute atomic E-state index is 1.68. The third-order valence-corrected chi connectivity index (χ3v) is 2.98. The van der Waals surface area contributed by atoms with E-state index in [1.54, 1.807) is 9.24 Å². The lowest BCUT2D eigenvalue weighted by Crippen LogP contribution is -2.68. The van der Waals surface area contributed by atoms with Gasteiger partial charge in [-0.1, -0.05) is 9.24 Å². The van der Waals surface area contributed by atoms with Crippen LogP contribution in [0.1, 0.15) is 0 Å². The lowest BCUT2D eigenvalue weighted by atomic mass is 9.84. The van der Waals surface area contributed by atoms with Gasteiger partial charge in [0.15, 0.2) is 0 Å². The second-order valence-electron chi connectivity index (χ2n) is 3.25. The van der Waals surface area contributed by atoms with Crippen LogP contribution in [0.3, 0.4) is 0 Å². The van der Waals surface area contributed by atoms with Gasteiger partial charge < -0.3 is 30.6 Å². The highest BCUT2D eigenvalue weighted by molar-refractivity contribution is 7.18. The molecule has 1 saturated carbocycles. The fourth-order valence-electron chi connectivity index (χ4n) is 1.30. The molecule has 6 nitrogen and oxygen atoms in total. The van der Waals surface area contributed by atoms with Crippen molar-refractivity contribution in [3.63, 3.8) is 0 Å². The summed E-state index contributed by atoms with van der Waals surface area (Å²) in [5.41, 5.74) is 0. The van der Waals surface area contributed by atoms with E-state index in [0.717, 1.165) is 0 Å². The molecule has 1 rings (SSSR count). The van der Waals surface area contributed by atoms with Crippen LogP contribution in [-0.2, 0) is 0 Å². The summed E-state index contributed by atoms with van der Waals surface area (Å²) >= 11 is 0. The van der Waals surface area contributed by atoms with Gasteiger partial charge in [-0.3, -0.25) is 0 Å². The van der Waals surface area contributed by atoms with E-state index in [1.807, 2.05) is 0 Å². The zero-order valence-electron chi connectivity index (χ0n) is 6.65. The molecule has 13 heavy (non-hydrogen) atoms. The Hall–Kier alpha value is 0.190. The van der Waals surface area contributed by atoms with Crippen molar-refractivity contribution in [1.29, 1.82) is 0 Å². The Morgan fingerprint density at radius 1 is 0.769 bits per heavy atom. The molecule has 7 heteroatoms. The normalized spacial score (nSPS) is 57.9. The van der Waals surface area contributed by atoms with E-state index in [2.05, 4.69) is 0 Å². The molecule has 0 aromatic heterocycles. The third kappa shape index (κ3) is 1.59. The quantitative estimate of drug-likeness (QED) is 0.230. The monoisotopic (exact) mass is 212 g/mol. The van der Waals surface area contributed by atoms with Crippen LogP contribution >= 0.6 is 9.24 Å². The van der Waals surface area contributed by atoms with Gasteiger partial charge in [0.05, 0.1) is 0 Å². The second kappa shape index (κ2) is 3.40. The number of aliphatic hydroxyl groups is 6. The van der Waals surface area contributed by atoms with Gasteiger partial charge in [-0.05, 0) is 0 Å². The van der Waals surface area contributed by atoms with Gasteiger partial charge in [0.2, 0.25) is 0 Å². The molecule has 1 fully saturated rings. The average Bonchev–Trinajstić information content (AvgIpc) is 2.09. The largest absolute Gasteiger partial charge is 0.387 e. The third-order valence-electron chi connectivity index (χ3n) is 2.29. The maximum Gasteiger partial charge on any atom is 0.134 e. The van der Waals surface area contributed by atoms with E-state index in [-0.39, 0.29) is 0 Å². The molecule has 78 valence electrons. The minimum atomic E-state index is -2.11. The Labute approximate surface area is 76.7 Å². The number of hydrogen-bond donors (Lipinski definition) is 6. The zero-order chi connectivity index (χ0) is 10.4. The fourth-order valence-corrected chi connectivity index (χ4v) is 1.69. The summed E-state index contributed by atoms with van der Waals surface area (Å²) in [6, 6.07) is 0. The van der Waals surface area contributed by atoms with Crippen molar-refractivity contribution in [1.82, 2.24) is 0 Å². The molecular weight excluding hydrogens is 199 g/mol. The minimum Gasteiger partial charge on any atom is -0.387 e. The molecule has 0 aromatic rings. The summed E-state index contributed by atoms with van der Waals surface area (Å²) in [6.07, 6.45) is -8.52. The molecule has 0 radical (unpaired) electrons. The number of rotatable bonds is 0. The van der Waals surface area contributed by atoms with E-state index in [0.29, 0.717) is 0 Å². The fraction of sp³-hybridized carbons (Fsp3) is 1.00. The van der Waals surface area contributed by atoms with Crippen molar-refractivity contribution in [3.8, 4) is 0 Å². The first-order valence-corrected chi connectivity index (χ1v) is 4.29. The molecule has 0 bridgehead atoms. The SMILES string of the molecule is OC1[C@@H](O)[C@H](O)C(O)(P)[C@@H](O)[C@H]1O. The van der Waals surface area contributed by atoms with Gasteiger partial charge in [0, 0.05) is 0 Å². The maximum absolute atomic E-state index is 9.40. The van der Waals surface area contributed by atoms with E-state index >= 15 is 0 Å². The standard InChI is InChI=1S/C6H13O6P/c7-1-2(8)4(10)6(12,13)5(11)3(1)9/h1-5,7-12H,13H2/t1?,2-,3+,4-,5-,6?/m0/s1. The molecule has 7 atom stereocenters. The van der Waals surface area contributed by atoms with Crippen LogP contribution in [0.25, 0.3) is 0 Å². The van der Waals surface area contributed by atoms with Crippen molar-refractivity contribution in [2.45, 2.75) is 35.9 Å². The molecule has 0 saturated heterocycles. The Balaban J connectivity index is 2.93. The molecule has 0 spiro atoms. The molecule has 1 aliphatic carbocycles. The van der Waals surface area contributed by atoms with Crippen LogP contribution in [-0.4, -0.2) is 66.5 Å². The Kier molecular flexibility index (Phi) is 2.95. The first kappa shape index (κ1) is 11.3. The van der Waals surface area contributed by atoms with E-state index in [1.165, 1.54) is 0 Å². The van der Waals surface area contributed by atoms with Crippen molar-refractivity contribution >= 4 is 9.24 Å². The highest BCUT2D eigenvalue weighted by atomic mass is 31.0. The first-order chi connectivity index (χ1) is 5.80. The molecule has 0 amide bonds. The van der Waals surface area contributed by atoms with Crippen molar-refractivity contribution in [2.75, 3.05) is 0 Å². The predicted molar refractivity (Wildman–Crippen MR) is 44.7 cm³/mol.